The second-order valence-corrected chi connectivity index (χ2v) is 4.46. The molecule has 4 heteroatoms. The Kier molecular flexibility index (Phi) is 3.59. The Labute approximate surface area is 90.5 Å². The molecular weight excluding hydrogens is 194 g/mol. The number of hydrogen-bond acceptors (Lipinski definition) is 3. The minimum absolute atomic E-state index is 0.0787. The van der Waals surface area contributed by atoms with Gasteiger partial charge >= 0.3 is 0 Å². The largest absolute Gasteiger partial charge is 0.376 e. The highest BCUT2D eigenvalue weighted by Crippen LogP contribution is 2.29. The normalized spacial score (nSPS) is 25.9. The first-order valence-corrected chi connectivity index (χ1v) is 5.68. The van der Waals surface area contributed by atoms with Gasteiger partial charge in [0.15, 0.2) is 0 Å². The average molecular weight is 213 g/mol. The van der Waals surface area contributed by atoms with E-state index in [-0.39, 0.29) is 18.6 Å². The van der Waals surface area contributed by atoms with Gasteiger partial charge in [-0.05, 0) is 25.2 Å². The van der Waals surface area contributed by atoms with Crippen molar-refractivity contribution in [2.45, 2.75) is 25.4 Å². The number of carbonyl (C=O) groups is 1. The molecule has 0 aromatic carbocycles. The Hall–Kier alpha value is -0.610. The summed E-state index contributed by atoms with van der Waals surface area (Å²) < 4.78 is 10.6. The zero-order chi connectivity index (χ0) is 10.7. The van der Waals surface area contributed by atoms with Gasteiger partial charge < -0.3 is 14.4 Å². The van der Waals surface area contributed by atoms with Crippen molar-refractivity contribution in [3.63, 3.8) is 0 Å². The van der Waals surface area contributed by atoms with Crippen LogP contribution in [-0.4, -0.2) is 50.3 Å². The fourth-order valence-corrected chi connectivity index (χ4v) is 1.86. The molecule has 0 aromatic rings. The van der Waals surface area contributed by atoms with Crippen molar-refractivity contribution in [2.24, 2.45) is 5.92 Å². The van der Waals surface area contributed by atoms with E-state index in [2.05, 4.69) is 0 Å². The van der Waals surface area contributed by atoms with Crippen LogP contribution >= 0.6 is 0 Å². The van der Waals surface area contributed by atoms with Crippen molar-refractivity contribution >= 4 is 5.91 Å². The molecule has 0 bridgehead atoms. The first kappa shape index (κ1) is 10.9. The number of methoxy groups -OCH3 is 1. The van der Waals surface area contributed by atoms with Gasteiger partial charge in [-0.1, -0.05) is 0 Å². The summed E-state index contributed by atoms with van der Waals surface area (Å²) in [4.78, 5) is 13.3. The van der Waals surface area contributed by atoms with Gasteiger partial charge in [-0.2, -0.15) is 0 Å². The van der Waals surface area contributed by atoms with Crippen molar-refractivity contribution in [2.75, 3.05) is 33.4 Å². The Balaban J connectivity index is 1.66. The molecule has 1 saturated carbocycles. The molecule has 15 heavy (non-hydrogen) atoms. The van der Waals surface area contributed by atoms with E-state index in [9.17, 15) is 4.79 Å². The third kappa shape index (κ3) is 3.18. The van der Waals surface area contributed by atoms with Gasteiger partial charge in [0.2, 0.25) is 5.91 Å². The van der Waals surface area contributed by atoms with E-state index in [0.29, 0.717) is 0 Å². The third-order valence-corrected chi connectivity index (χ3v) is 3.03. The smallest absolute Gasteiger partial charge is 0.248 e. The second-order valence-electron chi connectivity index (χ2n) is 4.46. The molecule has 0 spiro atoms. The Bertz CT molecular complexity index is 228. The maximum atomic E-state index is 11.5. The summed E-state index contributed by atoms with van der Waals surface area (Å²) in [7, 11) is 1.55. The molecule has 1 heterocycles. The van der Waals surface area contributed by atoms with Crippen molar-refractivity contribution in [3.8, 4) is 0 Å². The second kappa shape index (κ2) is 4.94. The van der Waals surface area contributed by atoms with Gasteiger partial charge in [-0.3, -0.25) is 4.79 Å². The summed E-state index contributed by atoms with van der Waals surface area (Å²) in [5.74, 6) is 0.878. The first-order valence-electron chi connectivity index (χ1n) is 5.68. The molecular formula is C11H19NO3. The lowest BCUT2D eigenvalue weighted by molar-refractivity contribution is -0.134. The monoisotopic (exact) mass is 213 g/mol. The van der Waals surface area contributed by atoms with E-state index in [1.54, 1.807) is 7.11 Å². The molecule has 2 rings (SSSR count). The van der Waals surface area contributed by atoms with E-state index in [0.717, 1.165) is 32.0 Å². The van der Waals surface area contributed by atoms with Crippen LogP contribution in [0.25, 0.3) is 0 Å². The molecule has 1 atom stereocenters. The number of hydrogen-bond donors (Lipinski definition) is 0. The van der Waals surface area contributed by atoms with Crippen molar-refractivity contribution in [3.05, 3.63) is 0 Å². The van der Waals surface area contributed by atoms with Crippen molar-refractivity contribution < 1.29 is 14.3 Å². The minimum atomic E-state index is 0.0787. The van der Waals surface area contributed by atoms with Crippen LogP contribution in [-0.2, 0) is 14.3 Å². The van der Waals surface area contributed by atoms with Gasteiger partial charge in [-0.15, -0.1) is 0 Å². The summed E-state index contributed by atoms with van der Waals surface area (Å²) in [6.45, 7) is 2.64. The van der Waals surface area contributed by atoms with E-state index < -0.39 is 0 Å². The van der Waals surface area contributed by atoms with E-state index in [1.165, 1.54) is 12.8 Å². The maximum Gasteiger partial charge on any atom is 0.248 e. The molecule has 0 N–H and O–H groups in total. The standard InChI is InChI=1S/C11H19NO3/c1-14-8-11(13)12-5-4-10(6-12)15-7-9-2-3-9/h9-10H,2-8H2,1H3/t10-/m0/s1. The lowest BCUT2D eigenvalue weighted by atomic mass is 10.3. The summed E-state index contributed by atoms with van der Waals surface area (Å²) in [6, 6.07) is 0. The van der Waals surface area contributed by atoms with Crippen LogP contribution < -0.4 is 0 Å². The Morgan fingerprint density at radius 3 is 2.87 bits per heavy atom. The zero-order valence-electron chi connectivity index (χ0n) is 9.28. The number of nitrogens with zero attached hydrogens (tertiary/aromatic N) is 1. The SMILES string of the molecule is COCC(=O)N1CC[C@H](OCC2CC2)C1. The minimum Gasteiger partial charge on any atom is -0.376 e. The molecule has 1 aliphatic heterocycles. The van der Waals surface area contributed by atoms with Gasteiger partial charge in [0.25, 0.3) is 0 Å². The van der Waals surface area contributed by atoms with Gasteiger partial charge in [0, 0.05) is 26.8 Å². The maximum absolute atomic E-state index is 11.5. The molecule has 2 fully saturated rings. The molecule has 1 aliphatic carbocycles. The number of ether oxygens (including phenoxy) is 2. The predicted molar refractivity (Wildman–Crippen MR) is 55.5 cm³/mol. The number of likely N-dealkylation sites (tertiary alicyclic amines) is 1. The average Bonchev–Trinajstić information content (AvgIpc) is 2.93. The predicted octanol–water partition coefficient (Wildman–Crippen LogP) is 0.660. The molecule has 1 saturated heterocycles. The molecule has 0 aromatic heterocycles. The summed E-state index contributed by atoms with van der Waals surface area (Å²) in [6.07, 6.45) is 3.87. The Morgan fingerprint density at radius 2 is 2.20 bits per heavy atom. The number of amides is 1. The third-order valence-electron chi connectivity index (χ3n) is 3.03. The van der Waals surface area contributed by atoms with Gasteiger partial charge in [0.1, 0.15) is 6.61 Å². The first-order chi connectivity index (χ1) is 7.29. The summed E-state index contributed by atoms with van der Waals surface area (Å²) in [5, 5.41) is 0. The van der Waals surface area contributed by atoms with Gasteiger partial charge in [0.05, 0.1) is 6.10 Å². The van der Waals surface area contributed by atoms with E-state index in [1.807, 2.05) is 4.90 Å². The molecule has 86 valence electrons. The highest BCUT2D eigenvalue weighted by molar-refractivity contribution is 5.77. The molecule has 1 amide bonds. The van der Waals surface area contributed by atoms with Crippen LogP contribution in [0.5, 0.6) is 0 Å². The zero-order valence-corrected chi connectivity index (χ0v) is 9.28. The van der Waals surface area contributed by atoms with E-state index in [4.69, 9.17) is 9.47 Å². The number of rotatable bonds is 5. The fourth-order valence-electron chi connectivity index (χ4n) is 1.86. The van der Waals surface area contributed by atoms with Crippen LogP contribution in [0.1, 0.15) is 19.3 Å². The van der Waals surface area contributed by atoms with Crippen molar-refractivity contribution in [1.82, 2.24) is 4.90 Å². The number of carbonyl (C=O) groups excluding carboxylic acids is 1. The lowest BCUT2D eigenvalue weighted by Gasteiger charge is -2.16. The Morgan fingerprint density at radius 1 is 1.40 bits per heavy atom. The fraction of sp³-hybridized carbons (Fsp3) is 0.909. The summed E-state index contributed by atoms with van der Waals surface area (Å²) in [5.41, 5.74) is 0. The van der Waals surface area contributed by atoms with Crippen LogP contribution in [0, 0.1) is 5.92 Å². The molecule has 0 unspecified atom stereocenters. The highest BCUT2D eigenvalue weighted by atomic mass is 16.5. The van der Waals surface area contributed by atoms with Crippen LogP contribution in [0.3, 0.4) is 0 Å². The van der Waals surface area contributed by atoms with Crippen LogP contribution in [0.4, 0.5) is 0 Å². The lowest BCUT2D eigenvalue weighted by Crippen LogP contribution is -2.32. The van der Waals surface area contributed by atoms with Crippen LogP contribution in [0.2, 0.25) is 0 Å². The summed E-state index contributed by atoms with van der Waals surface area (Å²) >= 11 is 0. The van der Waals surface area contributed by atoms with Crippen molar-refractivity contribution in [1.29, 1.82) is 0 Å². The quantitative estimate of drug-likeness (QED) is 0.673. The topological polar surface area (TPSA) is 38.8 Å². The molecule has 4 nitrogen and oxygen atoms in total. The van der Waals surface area contributed by atoms with Crippen LogP contribution in [0.15, 0.2) is 0 Å². The molecule has 0 radical (unpaired) electrons. The van der Waals surface area contributed by atoms with Gasteiger partial charge in [-0.25, -0.2) is 0 Å². The highest BCUT2D eigenvalue weighted by Gasteiger charge is 2.29. The molecule has 2 aliphatic rings. The van der Waals surface area contributed by atoms with E-state index >= 15 is 0 Å².